The molecule has 10 heteroatoms. The number of aromatic nitrogens is 3. The number of halogens is 2. The predicted octanol–water partition coefficient (Wildman–Crippen LogP) is 5.58. The molecule has 4 rings (SSSR count). The van der Waals surface area contributed by atoms with E-state index in [9.17, 15) is 17.6 Å². The second-order valence-electron chi connectivity index (χ2n) is 9.55. The fourth-order valence-corrected chi connectivity index (χ4v) is 4.97. The van der Waals surface area contributed by atoms with Crippen LogP contribution in [0.2, 0.25) is 0 Å². The van der Waals surface area contributed by atoms with E-state index in [1.807, 2.05) is 24.3 Å². The van der Waals surface area contributed by atoms with E-state index in [0.29, 0.717) is 12.0 Å². The van der Waals surface area contributed by atoms with E-state index < -0.39 is 38.7 Å². The van der Waals surface area contributed by atoms with E-state index >= 15 is 4.39 Å². The zero-order chi connectivity index (χ0) is 26.3. The lowest BCUT2D eigenvalue weighted by Crippen LogP contribution is -2.18. The number of pyridine rings is 1. The minimum absolute atomic E-state index is 0.0156. The van der Waals surface area contributed by atoms with Crippen molar-refractivity contribution in [1.82, 2.24) is 15.2 Å². The van der Waals surface area contributed by atoms with Crippen LogP contribution in [-0.4, -0.2) is 35.1 Å². The van der Waals surface area contributed by atoms with Crippen LogP contribution in [0.25, 0.3) is 22.2 Å². The third kappa shape index (κ3) is 4.99. The monoisotopic (exact) mass is 512 g/mol. The molecule has 0 saturated carbocycles. The molecule has 0 aliphatic heterocycles. The Morgan fingerprint density at radius 1 is 1.06 bits per heavy atom. The number of anilines is 1. The number of ketones is 1. The number of hydrogen-bond acceptors (Lipinski definition) is 5. The molecule has 2 aromatic heterocycles. The first-order valence-electron chi connectivity index (χ1n) is 11.4. The Morgan fingerprint density at radius 2 is 1.75 bits per heavy atom. The molecule has 36 heavy (non-hydrogen) atoms. The van der Waals surface area contributed by atoms with E-state index in [2.05, 4.69) is 40.7 Å². The van der Waals surface area contributed by atoms with Crippen molar-refractivity contribution in [1.29, 1.82) is 0 Å². The summed E-state index contributed by atoms with van der Waals surface area (Å²) in [6.07, 6.45) is 1.92. The average molecular weight is 513 g/mol. The summed E-state index contributed by atoms with van der Waals surface area (Å²) in [5.74, 6) is -3.72. The van der Waals surface area contributed by atoms with Gasteiger partial charge in [0.05, 0.1) is 22.4 Å². The predicted molar refractivity (Wildman–Crippen MR) is 136 cm³/mol. The molecule has 0 spiro atoms. The highest BCUT2D eigenvalue weighted by Gasteiger charge is 2.27. The smallest absolute Gasteiger partial charge is 0.232 e. The number of benzene rings is 2. The average Bonchev–Trinajstić information content (AvgIpc) is 3.24. The number of sulfonamides is 1. The Kier molecular flexibility index (Phi) is 6.66. The van der Waals surface area contributed by atoms with Crippen LogP contribution in [0.4, 0.5) is 14.5 Å². The number of fused-ring (bicyclic) bond motifs is 1. The lowest BCUT2D eigenvalue weighted by Gasteiger charge is -2.19. The number of carbonyl (C=O) groups excluding carboxylic acids is 1. The topological polar surface area (TPSA) is 105 Å². The summed E-state index contributed by atoms with van der Waals surface area (Å²) in [6, 6.07) is 11.4. The minimum Gasteiger partial charge on any atom is -0.287 e. The standard InChI is InChI=1S/C26H26F2N4O3S/c1-5-12-36(34,35)32-20-11-10-19(27)21(22(20)28)24(33)23-18-13-16(14-29-25(18)31-30-23)15-6-8-17(9-7-15)26(2,3)4/h6-11,13-14,32H,5,12H2,1-4H3,(H,29,30,31). The zero-order valence-corrected chi connectivity index (χ0v) is 21.1. The number of carbonyl (C=O) groups is 1. The van der Waals surface area contributed by atoms with E-state index in [4.69, 9.17) is 0 Å². The molecule has 0 radical (unpaired) electrons. The number of nitrogens with zero attached hydrogens (tertiary/aromatic N) is 2. The highest BCUT2D eigenvalue weighted by atomic mass is 32.2. The fraction of sp³-hybridized carbons (Fsp3) is 0.269. The van der Waals surface area contributed by atoms with E-state index in [-0.39, 0.29) is 27.9 Å². The summed E-state index contributed by atoms with van der Waals surface area (Å²) < 4.78 is 56.1. The largest absolute Gasteiger partial charge is 0.287 e. The maximum atomic E-state index is 15.2. The lowest BCUT2D eigenvalue weighted by atomic mass is 9.86. The Labute approximate surface area is 208 Å². The van der Waals surface area contributed by atoms with Gasteiger partial charge in [-0.25, -0.2) is 22.2 Å². The van der Waals surface area contributed by atoms with Gasteiger partial charge in [-0.15, -0.1) is 0 Å². The maximum Gasteiger partial charge on any atom is 0.232 e. The maximum absolute atomic E-state index is 15.2. The molecule has 0 aliphatic rings. The van der Waals surface area contributed by atoms with Crippen LogP contribution < -0.4 is 4.72 Å². The fourth-order valence-electron chi connectivity index (χ4n) is 3.84. The van der Waals surface area contributed by atoms with Gasteiger partial charge in [-0.1, -0.05) is 52.0 Å². The first kappa shape index (κ1) is 25.4. The van der Waals surface area contributed by atoms with Gasteiger partial charge in [0.2, 0.25) is 15.8 Å². The summed E-state index contributed by atoms with van der Waals surface area (Å²) in [6.45, 7) is 7.99. The number of aromatic amines is 1. The molecule has 2 aromatic carbocycles. The molecule has 0 bridgehead atoms. The molecule has 0 aliphatic carbocycles. The first-order valence-corrected chi connectivity index (χ1v) is 13.0. The van der Waals surface area contributed by atoms with Gasteiger partial charge in [-0.2, -0.15) is 5.10 Å². The molecular weight excluding hydrogens is 486 g/mol. The molecule has 0 unspecified atom stereocenters. The molecule has 0 fully saturated rings. The van der Waals surface area contributed by atoms with Crippen molar-refractivity contribution >= 4 is 32.5 Å². The second kappa shape index (κ2) is 9.42. The summed E-state index contributed by atoms with van der Waals surface area (Å²) in [5.41, 5.74) is 1.32. The van der Waals surface area contributed by atoms with Crippen LogP contribution >= 0.6 is 0 Å². The van der Waals surface area contributed by atoms with Gasteiger partial charge in [-0.3, -0.25) is 14.6 Å². The summed E-state index contributed by atoms with van der Waals surface area (Å²) >= 11 is 0. The number of nitrogens with one attached hydrogen (secondary N) is 2. The van der Waals surface area contributed by atoms with Crippen LogP contribution in [0.5, 0.6) is 0 Å². The van der Waals surface area contributed by atoms with Gasteiger partial charge in [0.1, 0.15) is 11.5 Å². The highest BCUT2D eigenvalue weighted by Crippen LogP contribution is 2.30. The van der Waals surface area contributed by atoms with Crippen molar-refractivity contribution in [2.24, 2.45) is 0 Å². The van der Waals surface area contributed by atoms with Gasteiger partial charge in [-0.05, 0) is 41.2 Å². The Hall–Kier alpha value is -3.66. The van der Waals surface area contributed by atoms with Crippen molar-refractivity contribution < 1.29 is 22.0 Å². The van der Waals surface area contributed by atoms with Crippen LogP contribution in [0.15, 0.2) is 48.7 Å². The van der Waals surface area contributed by atoms with Gasteiger partial charge >= 0.3 is 0 Å². The Morgan fingerprint density at radius 3 is 2.39 bits per heavy atom. The minimum atomic E-state index is -3.86. The summed E-state index contributed by atoms with van der Waals surface area (Å²) in [4.78, 5) is 17.5. The summed E-state index contributed by atoms with van der Waals surface area (Å²) in [7, 11) is -3.86. The van der Waals surface area contributed by atoms with Gasteiger partial charge < -0.3 is 0 Å². The van der Waals surface area contributed by atoms with Crippen LogP contribution in [-0.2, 0) is 15.4 Å². The van der Waals surface area contributed by atoms with Crippen molar-refractivity contribution in [3.63, 3.8) is 0 Å². The third-order valence-corrected chi connectivity index (χ3v) is 7.25. The van der Waals surface area contributed by atoms with E-state index in [0.717, 1.165) is 23.3 Å². The Bertz CT molecular complexity index is 1560. The molecule has 0 saturated heterocycles. The number of H-pyrrole nitrogens is 1. The van der Waals surface area contributed by atoms with Crippen molar-refractivity contribution in [3.8, 4) is 11.1 Å². The Balaban J connectivity index is 1.75. The van der Waals surface area contributed by atoms with Crippen LogP contribution in [0, 0.1) is 11.6 Å². The SMILES string of the molecule is CCCS(=O)(=O)Nc1ccc(F)c(C(=O)c2n[nH]c3ncc(-c4ccc(C(C)(C)C)cc4)cc23)c1F. The molecule has 0 amide bonds. The molecular formula is C26H26F2N4O3S. The molecule has 7 nitrogen and oxygen atoms in total. The molecule has 2 N–H and O–H groups in total. The van der Waals surface area contributed by atoms with E-state index in [1.54, 1.807) is 19.2 Å². The molecule has 4 aromatic rings. The van der Waals surface area contributed by atoms with Gasteiger partial charge in [0, 0.05) is 11.8 Å². The van der Waals surface area contributed by atoms with Gasteiger partial charge in [0.25, 0.3) is 0 Å². The van der Waals surface area contributed by atoms with Crippen molar-refractivity contribution in [2.45, 2.75) is 39.5 Å². The molecule has 188 valence electrons. The molecule has 2 heterocycles. The zero-order valence-electron chi connectivity index (χ0n) is 20.3. The van der Waals surface area contributed by atoms with Crippen molar-refractivity contribution in [3.05, 3.63) is 77.1 Å². The number of hydrogen-bond donors (Lipinski definition) is 2. The molecule has 0 atom stereocenters. The van der Waals surface area contributed by atoms with E-state index in [1.165, 1.54) is 0 Å². The first-order chi connectivity index (χ1) is 16.9. The second-order valence-corrected chi connectivity index (χ2v) is 11.4. The van der Waals surface area contributed by atoms with Gasteiger partial charge in [0.15, 0.2) is 11.5 Å². The third-order valence-electron chi connectivity index (χ3n) is 5.77. The van der Waals surface area contributed by atoms with Crippen molar-refractivity contribution in [2.75, 3.05) is 10.5 Å². The van der Waals surface area contributed by atoms with Crippen LogP contribution in [0.1, 0.15) is 55.7 Å². The summed E-state index contributed by atoms with van der Waals surface area (Å²) in [5, 5.41) is 6.86. The quantitative estimate of drug-likeness (QED) is 0.315. The normalized spacial score (nSPS) is 12.2. The number of rotatable bonds is 7. The highest BCUT2D eigenvalue weighted by molar-refractivity contribution is 7.92. The van der Waals surface area contributed by atoms with Crippen LogP contribution in [0.3, 0.4) is 0 Å². The lowest BCUT2D eigenvalue weighted by molar-refractivity contribution is 0.102.